The average molecular weight is 420 g/mol. The monoisotopic (exact) mass is 419 g/mol. The Kier molecular flexibility index (Phi) is 6.65. The standard InChI is InChI=1S/C25H29N3O3/c1-18(2)24-26-25(31-27-24)21-8-10-22(11-9-21)30-17-23(29)28-14-12-20(13-15-28)16-19-6-4-3-5-7-19/h3-11,18,20H,12-17H2,1-2H3. The molecule has 1 aromatic heterocycles. The maximum absolute atomic E-state index is 12.6. The van der Waals surface area contributed by atoms with Crippen molar-refractivity contribution in [3.8, 4) is 17.2 Å². The third kappa shape index (κ3) is 5.51. The Morgan fingerprint density at radius 2 is 1.81 bits per heavy atom. The molecule has 0 saturated carbocycles. The first kappa shape index (κ1) is 21.1. The lowest BCUT2D eigenvalue weighted by molar-refractivity contribution is -0.134. The van der Waals surface area contributed by atoms with Crippen LogP contribution in [0.2, 0.25) is 0 Å². The quantitative estimate of drug-likeness (QED) is 0.554. The van der Waals surface area contributed by atoms with Gasteiger partial charge >= 0.3 is 0 Å². The highest BCUT2D eigenvalue weighted by molar-refractivity contribution is 5.77. The number of rotatable bonds is 7. The molecule has 162 valence electrons. The number of hydrogen-bond donors (Lipinski definition) is 0. The number of carbonyl (C=O) groups excluding carboxylic acids is 1. The molecule has 31 heavy (non-hydrogen) atoms. The molecule has 0 spiro atoms. The van der Waals surface area contributed by atoms with Crippen LogP contribution in [-0.2, 0) is 11.2 Å². The maximum Gasteiger partial charge on any atom is 0.260 e. The van der Waals surface area contributed by atoms with Gasteiger partial charge in [-0.1, -0.05) is 49.3 Å². The van der Waals surface area contributed by atoms with E-state index in [0.29, 0.717) is 23.4 Å². The number of benzene rings is 2. The molecule has 0 N–H and O–H groups in total. The molecule has 1 aliphatic heterocycles. The fourth-order valence-corrected chi connectivity index (χ4v) is 3.85. The molecule has 1 amide bonds. The molecule has 0 unspecified atom stereocenters. The van der Waals surface area contributed by atoms with Crippen molar-refractivity contribution in [3.05, 3.63) is 66.0 Å². The fraction of sp³-hybridized carbons (Fsp3) is 0.400. The predicted molar refractivity (Wildman–Crippen MR) is 119 cm³/mol. The number of aromatic nitrogens is 2. The van der Waals surface area contributed by atoms with Gasteiger partial charge in [0.05, 0.1) is 0 Å². The van der Waals surface area contributed by atoms with Crippen LogP contribution in [-0.4, -0.2) is 40.6 Å². The molecule has 1 aliphatic rings. The second kappa shape index (κ2) is 9.77. The van der Waals surface area contributed by atoms with Gasteiger partial charge in [0, 0.05) is 24.6 Å². The Labute approximate surface area is 183 Å². The maximum atomic E-state index is 12.6. The summed E-state index contributed by atoms with van der Waals surface area (Å²) < 4.78 is 11.0. The van der Waals surface area contributed by atoms with Gasteiger partial charge in [0.2, 0.25) is 0 Å². The van der Waals surface area contributed by atoms with E-state index in [1.807, 2.05) is 49.1 Å². The first-order chi connectivity index (χ1) is 15.1. The first-order valence-corrected chi connectivity index (χ1v) is 11.0. The van der Waals surface area contributed by atoms with Gasteiger partial charge in [-0.2, -0.15) is 4.98 Å². The summed E-state index contributed by atoms with van der Waals surface area (Å²) in [6.45, 7) is 5.70. The number of nitrogens with zero attached hydrogens (tertiary/aromatic N) is 3. The lowest BCUT2D eigenvalue weighted by atomic mass is 9.90. The van der Waals surface area contributed by atoms with Gasteiger partial charge in [-0.25, -0.2) is 0 Å². The highest BCUT2D eigenvalue weighted by Gasteiger charge is 2.23. The van der Waals surface area contributed by atoms with Crippen molar-refractivity contribution >= 4 is 5.91 Å². The van der Waals surface area contributed by atoms with Crippen molar-refractivity contribution in [1.82, 2.24) is 15.0 Å². The molecule has 6 heteroatoms. The van der Waals surface area contributed by atoms with Crippen molar-refractivity contribution in [1.29, 1.82) is 0 Å². The number of piperidine rings is 1. The normalized spacial score (nSPS) is 14.7. The molecule has 1 saturated heterocycles. The lowest BCUT2D eigenvalue weighted by Gasteiger charge is -2.32. The zero-order valence-electron chi connectivity index (χ0n) is 18.2. The second-order valence-corrected chi connectivity index (χ2v) is 8.44. The van der Waals surface area contributed by atoms with Crippen LogP contribution in [0.5, 0.6) is 5.75 Å². The summed E-state index contributed by atoms with van der Waals surface area (Å²) in [7, 11) is 0. The zero-order valence-corrected chi connectivity index (χ0v) is 18.2. The minimum Gasteiger partial charge on any atom is -0.484 e. The number of carbonyl (C=O) groups is 1. The van der Waals surface area contributed by atoms with E-state index >= 15 is 0 Å². The van der Waals surface area contributed by atoms with Crippen LogP contribution in [0, 0.1) is 5.92 Å². The minimum atomic E-state index is 0.0423. The van der Waals surface area contributed by atoms with Gasteiger partial charge < -0.3 is 14.2 Å². The summed E-state index contributed by atoms with van der Waals surface area (Å²) in [6, 6.07) is 18.0. The number of hydrogen-bond acceptors (Lipinski definition) is 5. The molecule has 2 aromatic carbocycles. The summed E-state index contributed by atoms with van der Waals surface area (Å²) in [5, 5.41) is 3.99. The van der Waals surface area contributed by atoms with E-state index in [9.17, 15) is 4.79 Å². The summed E-state index contributed by atoms with van der Waals surface area (Å²) >= 11 is 0. The summed E-state index contributed by atoms with van der Waals surface area (Å²) in [5.41, 5.74) is 2.21. The van der Waals surface area contributed by atoms with Crippen molar-refractivity contribution in [2.45, 2.75) is 39.0 Å². The third-order valence-corrected chi connectivity index (χ3v) is 5.76. The van der Waals surface area contributed by atoms with Gasteiger partial charge in [-0.05, 0) is 55.0 Å². The van der Waals surface area contributed by atoms with Crippen molar-refractivity contribution < 1.29 is 14.1 Å². The van der Waals surface area contributed by atoms with Gasteiger partial charge in [0.1, 0.15) is 5.75 Å². The van der Waals surface area contributed by atoms with E-state index in [0.717, 1.165) is 37.9 Å². The van der Waals surface area contributed by atoms with Crippen LogP contribution in [0.3, 0.4) is 0 Å². The Balaban J connectivity index is 1.23. The van der Waals surface area contributed by atoms with E-state index in [2.05, 4.69) is 34.4 Å². The van der Waals surface area contributed by atoms with Gasteiger partial charge in [-0.3, -0.25) is 4.79 Å². The predicted octanol–water partition coefficient (Wildman–Crippen LogP) is 4.72. The molecule has 0 aliphatic carbocycles. The SMILES string of the molecule is CC(C)c1noc(-c2ccc(OCC(=O)N3CCC(Cc4ccccc4)CC3)cc2)n1. The molecule has 0 atom stereocenters. The molecule has 1 fully saturated rings. The van der Waals surface area contributed by atoms with Crippen LogP contribution in [0.1, 0.15) is 44.0 Å². The van der Waals surface area contributed by atoms with Crippen LogP contribution >= 0.6 is 0 Å². The van der Waals surface area contributed by atoms with E-state index in [-0.39, 0.29) is 18.4 Å². The highest BCUT2D eigenvalue weighted by Crippen LogP contribution is 2.24. The Morgan fingerprint density at radius 1 is 1.10 bits per heavy atom. The minimum absolute atomic E-state index is 0.0423. The molecular formula is C25H29N3O3. The zero-order chi connectivity index (χ0) is 21.6. The Hall–Kier alpha value is -3.15. The summed E-state index contributed by atoms with van der Waals surface area (Å²) in [4.78, 5) is 18.9. The lowest BCUT2D eigenvalue weighted by Crippen LogP contribution is -2.41. The molecular weight excluding hydrogens is 390 g/mol. The summed E-state index contributed by atoms with van der Waals surface area (Å²) in [5.74, 6) is 2.73. The van der Waals surface area contributed by atoms with Crippen LogP contribution in [0.15, 0.2) is 59.1 Å². The molecule has 0 radical (unpaired) electrons. The fourth-order valence-electron chi connectivity index (χ4n) is 3.85. The number of ether oxygens (including phenoxy) is 1. The van der Waals surface area contributed by atoms with Crippen LogP contribution in [0.25, 0.3) is 11.5 Å². The highest BCUT2D eigenvalue weighted by atomic mass is 16.5. The van der Waals surface area contributed by atoms with E-state index in [1.54, 1.807) is 0 Å². The van der Waals surface area contributed by atoms with Gasteiger partial charge in [0.25, 0.3) is 11.8 Å². The molecule has 0 bridgehead atoms. The second-order valence-electron chi connectivity index (χ2n) is 8.44. The van der Waals surface area contributed by atoms with Crippen molar-refractivity contribution in [3.63, 3.8) is 0 Å². The summed E-state index contributed by atoms with van der Waals surface area (Å²) in [6.07, 6.45) is 3.17. The van der Waals surface area contributed by atoms with Gasteiger partial charge in [-0.15, -0.1) is 0 Å². The Bertz CT molecular complexity index is 975. The van der Waals surface area contributed by atoms with E-state index in [1.165, 1.54) is 5.56 Å². The van der Waals surface area contributed by atoms with Gasteiger partial charge in [0.15, 0.2) is 12.4 Å². The van der Waals surface area contributed by atoms with E-state index in [4.69, 9.17) is 9.26 Å². The molecule has 3 aromatic rings. The van der Waals surface area contributed by atoms with Crippen LogP contribution < -0.4 is 4.74 Å². The molecule has 4 rings (SSSR count). The molecule has 6 nitrogen and oxygen atoms in total. The average Bonchev–Trinajstić information content (AvgIpc) is 3.30. The smallest absolute Gasteiger partial charge is 0.260 e. The molecule has 2 heterocycles. The topological polar surface area (TPSA) is 68.5 Å². The Morgan fingerprint density at radius 3 is 2.45 bits per heavy atom. The third-order valence-electron chi connectivity index (χ3n) is 5.76. The first-order valence-electron chi connectivity index (χ1n) is 11.0. The largest absolute Gasteiger partial charge is 0.484 e. The van der Waals surface area contributed by atoms with E-state index < -0.39 is 0 Å². The number of likely N-dealkylation sites (tertiary alicyclic amines) is 1. The van der Waals surface area contributed by atoms with Crippen molar-refractivity contribution in [2.24, 2.45) is 5.92 Å². The van der Waals surface area contributed by atoms with Crippen molar-refractivity contribution in [2.75, 3.05) is 19.7 Å². The number of amides is 1. The van der Waals surface area contributed by atoms with Crippen LogP contribution in [0.4, 0.5) is 0 Å².